The highest BCUT2D eigenvalue weighted by atomic mass is 32.2. The number of fused-ring (bicyclic) bond motifs is 1. The summed E-state index contributed by atoms with van der Waals surface area (Å²) in [5, 5.41) is 9.47. The monoisotopic (exact) mass is 575 g/mol. The van der Waals surface area contributed by atoms with E-state index in [9.17, 15) is 19.5 Å². The van der Waals surface area contributed by atoms with Crippen LogP contribution in [-0.4, -0.2) is 58.8 Å². The Morgan fingerprint density at radius 3 is 2.46 bits per heavy atom. The van der Waals surface area contributed by atoms with Crippen LogP contribution in [0.3, 0.4) is 0 Å². The van der Waals surface area contributed by atoms with E-state index in [0.29, 0.717) is 31.6 Å². The SMILES string of the molecule is CCCCCn1cc(C(=O)N2CCC(n3c(=O)[nH]c4ccccc43)CC2)nc1-c1ccc(SC(C)(C)C(=O)O)cc1. The molecule has 0 saturated carbocycles. The zero-order chi connectivity index (χ0) is 29.1. The molecule has 10 heteroatoms. The molecular formula is C31H37N5O4S. The van der Waals surface area contributed by atoms with Crippen molar-refractivity contribution in [3.63, 3.8) is 0 Å². The smallest absolute Gasteiger partial charge is 0.326 e. The Kier molecular flexibility index (Phi) is 8.40. The molecule has 1 aliphatic rings. The number of nitrogens with one attached hydrogen (secondary N) is 1. The predicted octanol–water partition coefficient (Wildman–Crippen LogP) is 5.82. The summed E-state index contributed by atoms with van der Waals surface area (Å²) in [7, 11) is 0. The van der Waals surface area contributed by atoms with E-state index in [2.05, 4.69) is 16.5 Å². The molecule has 0 atom stereocenters. The average molecular weight is 576 g/mol. The first kappa shape index (κ1) is 28.7. The van der Waals surface area contributed by atoms with Crippen LogP contribution in [0, 0.1) is 0 Å². The molecule has 1 fully saturated rings. The molecule has 0 spiro atoms. The lowest BCUT2D eigenvalue weighted by Gasteiger charge is -2.32. The van der Waals surface area contributed by atoms with E-state index in [1.54, 1.807) is 13.8 Å². The first-order valence-corrected chi connectivity index (χ1v) is 15.1. The molecule has 4 aromatic rings. The van der Waals surface area contributed by atoms with E-state index in [1.807, 2.05) is 64.2 Å². The molecule has 1 aliphatic heterocycles. The number of carbonyl (C=O) groups excluding carboxylic acids is 1. The highest BCUT2D eigenvalue weighted by Crippen LogP contribution is 2.34. The first-order valence-electron chi connectivity index (χ1n) is 14.3. The second-order valence-electron chi connectivity index (χ2n) is 11.1. The van der Waals surface area contributed by atoms with Crippen LogP contribution in [0.2, 0.25) is 0 Å². The normalized spacial score (nSPS) is 14.6. The zero-order valence-electron chi connectivity index (χ0n) is 23.8. The van der Waals surface area contributed by atoms with Gasteiger partial charge in [-0.25, -0.2) is 9.78 Å². The fraction of sp³-hybridized carbons (Fsp3) is 0.419. The van der Waals surface area contributed by atoms with Crippen LogP contribution in [0.25, 0.3) is 22.4 Å². The fourth-order valence-corrected chi connectivity index (χ4v) is 6.34. The van der Waals surface area contributed by atoms with E-state index >= 15 is 0 Å². The molecule has 1 amide bonds. The number of benzene rings is 2. The number of H-pyrrole nitrogens is 1. The quantitative estimate of drug-likeness (QED) is 0.182. The molecule has 2 aromatic heterocycles. The van der Waals surface area contributed by atoms with Crippen molar-refractivity contribution in [3.05, 3.63) is 70.9 Å². The van der Waals surface area contributed by atoms with Gasteiger partial charge in [0.2, 0.25) is 0 Å². The molecule has 0 radical (unpaired) electrons. The number of hydrogen-bond acceptors (Lipinski definition) is 5. The number of likely N-dealkylation sites (tertiary alicyclic amines) is 1. The molecule has 2 N–H and O–H groups in total. The molecule has 0 unspecified atom stereocenters. The van der Waals surface area contributed by atoms with Gasteiger partial charge in [0.25, 0.3) is 5.91 Å². The Bertz CT molecular complexity index is 1590. The van der Waals surface area contributed by atoms with Gasteiger partial charge in [0.05, 0.1) is 11.0 Å². The number of unbranched alkanes of at least 4 members (excludes halogenated alkanes) is 2. The number of aryl methyl sites for hydroxylation is 1. The maximum Gasteiger partial charge on any atom is 0.326 e. The van der Waals surface area contributed by atoms with Crippen LogP contribution in [0.5, 0.6) is 0 Å². The number of carboxylic acid groups (broad SMARTS) is 1. The molecule has 0 aliphatic carbocycles. The summed E-state index contributed by atoms with van der Waals surface area (Å²) in [4.78, 5) is 48.2. The highest BCUT2D eigenvalue weighted by molar-refractivity contribution is 8.01. The lowest BCUT2D eigenvalue weighted by Crippen LogP contribution is -2.40. The van der Waals surface area contributed by atoms with E-state index < -0.39 is 10.7 Å². The number of para-hydroxylation sites is 2. The van der Waals surface area contributed by atoms with Crippen molar-refractivity contribution < 1.29 is 14.7 Å². The number of nitrogens with zero attached hydrogens (tertiary/aromatic N) is 4. The van der Waals surface area contributed by atoms with Crippen molar-refractivity contribution in [2.45, 2.75) is 75.1 Å². The standard InChI is InChI=1S/C31H37N5O4S/c1-4-5-8-17-35-20-25(32-27(35)21-11-13-23(14-12-21)41-31(2,3)29(38)39)28(37)34-18-15-22(16-19-34)36-26-10-7-6-9-24(26)33-30(36)40/h6-7,9-14,20,22H,4-5,8,15-19H2,1-3H3,(H,33,40)(H,38,39). The largest absolute Gasteiger partial charge is 0.480 e. The number of piperidine rings is 1. The van der Waals surface area contributed by atoms with Crippen molar-refractivity contribution in [1.29, 1.82) is 0 Å². The minimum absolute atomic E-state index is 0.0346. The maximum absolute atomic E-state index is 13.6. The third kappa shape index (κ3) is 6.12. The summed E-state index contributed by atoms with van der Waals surface area (Å²) in [5.41, 5.74) is 2.92. The molecule has 2 aromatic carbocycles. The maximum atomic E-state index is 13.6. The summed E-state index contributed by atoms with van der Waals surface area (Å²) in [6, 6.07) is 15.4. The van der Waals surface area contributed by atoms with Crippen molar-refractivity contribution in [3.8, 4) is 11.4 Å². The van der Waals surface area contributed by atoms with Crippen LogP contribution < -0.4 is 5.69 Å². The topological polar surface area (TPSA) is 113 Å². The Morgan fingerprint density at radius 1 is 1.07 bits per heavy atom. The van der Waals surface area contributed by atoms with E-state index in [4.69, 9.17) is 4.98 Å². The molecule has 9 nitrogen and oxygen atoms in total. The number of imidazole rings is 2. The van der Waals surface area contributed by atoms with Crippen molar-refractivity contribution in [2.24, 2.45) is 0 Å². The van der Waals surface area contributed by atoms with Crippen molar-refractivity contribution in [1.82, 2.24) is 24.0 Å². The third-order valence-corrected chi connectivity index (χ3v) is 8.93. The predicted molar refractivity (Wildman–Crippen MR) is 161 cm³/mol. The van der Waals surface area contributed by atoms with Gasteiger partial charge in [-0.3, -0.25) is 14.2 Å². The summed E-state index contributed by atoms with van der Waals surface area (Å²) >= 11 is 1.30. The van der Waals surface area contributed by atoms with Gasteiger partial charge >= 0.3 is 11.7 Å². The number of aliphatic carboxylic acids is 1. The Balaban J connectivity index is 1.33. The minimum Gasteiger partial charge on any atom is -0.480 e. The summed E-state index contributed by atoms with van der Waals surface area (Å²) < 4.78 is 2.96. The lowest BCUT2D eigenvalue weighted by atomic mass is 10.0. The Morgan fingerprint density at radius 2 is 1.78 bits per heavy atom. The highest BCUT2D eigenvalue weighted by Gasteiger charge is 2.30. The van der Waals surface area contributed by atoms with Crippen LogP contribution in [0.4, 0.5) is 0 Å². The molecule has 0 bridgehead atoms. The fourth-order valence-electron chi connectivity index (χ4n) is 5.39. The van der Waals surface area contributed by atoms with Gasteiger partial charge in [-0.1, -0.05) is 44.0 Å². The number of rotatable bonds is 10. The van der Waals surface area contributed by atoms with Crippen LogP contribution in [0.1, 0.15) is 69.4 Å². The third-order valence-electron chi connectivity index (χ3n) is 7.74. The minimum atomic E-state index is -0.935. The van der Waals surface area contributed by atoms with Crippen LogP contribution in [-0.2, 0) is 11.3 Å². The number of thioether (sulfide) groups is 1. The summed E-state index contributed by atoms with van der Waals surface area (Å²) in [6.45, 7) is 7.41. The van der Waals surface area contributed by atoms with Crippen molar-refractivity contribution in [2.75, 3.05) is 13.1 Å². The van der Waals surface area contributed by atoms with Gasteiger partial charge in [0, 0.05) is 42.3 Å². The molecule has 5 rings (SSSR count). The van der Waals surface area contributed by atoms with E-state index in [0.717, 1.165) is 53.1 Å². The zero-order valence-corrected chi connectivity index (χ0v) is 24.6. The Hall–Kier alpha value is -3.79. The Labute approximate surface area is 243 Å². The van der Waals surface area contributed by atoms with Crippen LogP contribution in [0.15, 0.2) is 64.4 Å². The first-order chi connectivity index (χ1) is 19.7. The summed E-state index contributed by atoms with van der Waals surface area (Å²) in [6.07, 6.45) is 6.42. The van der Waals surface area contributed by atoms with Gasteiger partial charge in [-0.2, -0.15) is 0 Å². The second kappa shape index (κ2) is 12.0. The van der Waals surface area contributed by atoms with Gasteiger partial charge in [-0.15, -0.1) is 11.8 Å². The summed E-state index contributed by atoms with van der Waals surface area (Å²) in [5.74, 6) is -0.224. The van der Waals surface area contributed by atoms with Gasteiger partial charge in [0.15, 0.2) is 0 Å². The van der Waals surface area contributed by atoms with Gasteiger partial charge in [0.1, 0.15) is 16.3 Å². The molecular weight excluding hydrogens is 538 g/mol. The molecule has 41 heavy (non-hydrogen) atoms. The number of amides is 1. The van der Waals surface area contributed by atoms with E-state index in [1.165, 1.54) is 11.8 Å². The van der Waals surface area contributed by atoms with Crippen molar-refractivity contribution >= 4 is 34.7 Å². The lowest BCUT2D eigenvalue weighted by molar-refractivity contribution is -0.138. The number of carboxylic acids is 1. The average Bonchev–Trinajstić information content (AvgIpc) is 3.53. The number of hydrogen-bond donors (Lipinski definition) is 2. The number of aromatic nitrogens is 4. The second-order valence-corrected chi connectivity index (χ2v) is 12.8. The van der Waals surface area contributed by atoms with E-state index in [-0.39, 0.29) is 17.6 Å². The molecule has 3 heterocycles. The van der Waals surface area contributed by atoms with Gasteiger partial charge < -0.3 is 19.6 Å². The number of aromatic amines is 1. The van der Waals surface area contributed by atoms with Gasteiger partial charge in [-0.05, 0) is 57.4 Å². The molecule has 216 valence electrons. The number of carbonyl (C=O) groups is 2. The molecule has 1 saturated heterocycles. The van der Waals surface area contributed by atoms with Crippen LogP contribution >= 0.6 is 11.8 Å².